The van der Waals surface area contributed by atoms with Gasteiger partial charge >= 0.3 is 12.1 Å². The molecular formula is C8H9Cl3N2O5. The molecular weight excluding hydrogens is 310 g/mol. The highest BCUT2D eigenvalue weighted by Gasteiger charge is 2.46. The summed E-state index contributed by atoms with van der Waals surface area (Å²) in [6.45, 7) is -0.485. The number of halogens is 3. The Morgan fingerprint density at radius 2 is 2.06 bits per heavy atom. The van der Waals surface area contributed by atoms with E-state index in [0.717, 1.165) is 7.11 Å². The van der Waals surface area contributed by atoms with Gasteiger partial charge in [-0.05, 0) is 0 Å². The molecule has 18 heavy (non-hydrogen) atoms. The van der Waals surface area contributed by atoms with E-state index < -0.39 is 40.5 Å². The summed E-state index contributed by atoms with van der Waals surface area (Å²) in [6.07, 6.45) is -0.977. The fraction of sp³-hybridized carbons (Fsp3) is 0.625. The van der Waals surface area contributed by atoms with Gasteiger partial charge in [-0.15, -0.1) is 0 Å². The average molecular weight is 320 g/mol. The molecule has 102 valence electrons. The largest absolute Gasteiger partial charge is 0.467 e. The normalized spacial score (nSPS) is 22.6. The summed E-state index contributed by atoms with van der Waals surface area (Å²) >= 11 is 16.1. The molecule has 1 aliphatic heterocycles. The number of ether oxygens (including phenoxy) is 2. The van der Waals surface area contributed by atoms with Crippen LogP contribution in [0.1, 0.15) is 0 Å². The van der Waals surface area contributed by atoms with Crippen LogP contribution in [0.2, 0.25) is 0 Å². The third kappa shape index (κ3) is 4.08. The van der Waals surface area contributed by atoms with E-state index >= 15 is 0 Å². The molecule has 2 amide bonds. The molecule has 0 bridgehead atoms. The number of carbonyl (C=O) groups excluding carboxylic acids is 3. The number of hydrogen-bond acceptors (Lipinski definition) is 5. The number of nitrogens with one attached hydrogen (secondary N) is 2. The van der Waals surface area contributed by atoms with E-state index in [4.69, 9.17) is 34.8 Å². The molecule has 0 radical (unpaired) electrons. The van der Waals surface area contributed by atoms with Crippen molar-refractivity contribution in [3.05, 3.63) is 0 Å². The maximum absolute atomic E-state index is 11.3. The molecule has 10 heteroatoms. The van der Waals surface area contributed by atoms with Gasteiger partial charge in [0.05, 0.1) is 7.11 Å². The molecule has 0 unspecified atom stereocenters. The molecule has 1 heterocycles. The van der Waals surface area contributed by atoms with Crippen LogP contribution in [-0.2, 0) is 19.1 Å². The molecule has 0 aromatic rings. The number of methoxy groups -OCH3 is 1. The zero-order valence-electron chi connectivity index (χ0n) is 9.04. The van der Waals surface area contributed by atoms with Crippen LogP contribution in [0.4, 0.5) is 4.79 Å². The highest BCUT2D eigenvalue weighted by molar-refractivity contribution is 6.67. The lowest BCUT2D eigenvalue weighted by Crippen LogP contribution is -2.72. The highest BCUT2D eigenvalue weighted by Crippen LogP contribution is 2.25. The SMILES string of the molecule is COC(=O)[C@H]1NC(=O)[C@H]1NC(=O)OCC(Cl)(Cl)Cl. The van der Waals surface area contributed by atoms with Crippen LogP contribution < -0.4 is 10.6 Å². The fourth-order valence-corrected chi connectivity index (χ4v) is 1.33. The predicted octanol–water partition coefficient (Wildman–Crippen LogP) is 0.123. The zero-order chi connectivity index (χ0) is 13.9. The fourth-order valence-electron chi connectivity index (χ4n) is 1.17. The van der Waals surface area contributed by atoms with Gasteiger partial charge in [0.25, 0.3) is 0 Å². The third-order valence-corrected chi connectivity index (χ3v) is 2.34. The number of rotatable bonds is 3. The van der Waals surface area contributed by atoms with Crippen LogP contribution in [0.15, 0.2) is 0 Å². The van der Waals surface area contributed by atoms with Gasteiger partial charge in [0, 0.05) is 0 Å². The van der Waals surface area contributed by atoms with Gasteiger partial charge in [0.15, 0.2) is 6.04 Å². The van der Waals surface area contributed by atoms with Crippen molar-refractivity contribution in [1.82, 2.24) is 10.6 Å². The Labute approximate surface area is 117 Å². The second kappa shape index (κ2) is 5.81. The van der Waals surface area contributed by atoms with Crippen molar-refractivity contribution in [2.24, 2.45) is 0 Å². The van der Waals surface area contributed by atoms with Crippen molar-refractivity contribution < 1.29 is 23.9 Å². The maximum Gasteiger partial charge on any atom is 0.408 e. The number of hydrogen-bond donors (Lipinski definition) is 2. The van der Waals surface area contributed by atoms with Crippen LogP contribution in [0.5, 0.6) is 0 Å². The van der Waals surface area contributed by atoms with Crippen LogP contribution >= 0.6 is 34.8 Å². The number of alkyl halides is 3. The molecule has 2 atom stereocenters. The summed E-state index contributed by atoms with van der Waals surface area (Å²) in [5.41, 5.74) is 0. The zero-order valence-corrected chi connectivity index (χ0v) is 11.3. The third-order valence-electron chi connectivity index (χ3n) is 2.01. The van der Waals surface area contributed by atoms with E-state index in [-0.39, 0.29) is 0 Å². The van der Waals surface area contributed by atoms with Gasteiger partial charge < -0.3 is 20.1 Å². The van der Waals surface area contributed by atoms with E-state index in [1.165, 1.54) is 0 Å². The molecule has 0 saturated carbocycles. The Morgan fingerprint density at radius 3 is 2.50 bits per heavy atom. The molecule has 0 spiro atoms. The summed E-state index contributed by atoms with van der Waals surface area (Å²) in [6, 6.07) is -2.00. The minimum absolute atomic E-state index is 0.485. The number of carbonyl (C=O) groups is 3. The lowest BCUT2D eigenvalue weighted by atomic mass is 9.99. The van der Waals surface area contributed by atoms with Crippen molar-refractivity contribution in [3.8, 4) is 0 Å². The van der Waals surface area contributed by atoms with E-state index in [1.54, 1.807) is 0 Å². The lowest BCUT2D eigenvalue weighted by molar-refractivity contribution is -0.152. The molecule has 1 rings (SSSR count). The van der Waals surface area contributed by atoms with Crippen LogP contribution in [0.25, 0.3) is 0 Å². The van der Waals surface area contributed by atoms with Crippen LogP contribution in [0, 0.1) is 0 Å². The van der Waals surface area contributed by atoms with Crippen molar-refractivity contribution >= 4 is 52.8 Å². The molecule has 0 aromatic carbocycles. The quantitative estimate of drug-likeness (QED) is 0.438. The second-order valence-electron chi connectivity index (χ2n) is 3.32. The molecule has 0 aromatic heterocycles. The second-order valence-corrected chi connectivity index (χ2v) is 5.84. The van der Waals surface area contributed by atoms with Crippen LogP contribution in [-0.4, -0.2) is 47.6 Å². The van der Waals surface area contributed by atoms with Gasteiger partial charge in [0.2, 0.25) is 9.70 Å². The standard InChI is InChI=1S/C8H9Cl3N2O5/c1-17-6(15)4-3(5(14)12-4)13-7(16)18-2-8(9,10)11/h3-4H,2H2,1H3,(H,12,14)(H,13,16)/t3-,4-/m0/s1. The lowest BCUT2D eigenvalue weighted by Gasteiger charge is -2.34. The monoisotopic (exact) mass is 318 g/mol. The Hall–Kier alpha value is -0.920. The van der Waals surface area contributed by atoms with Crippen molar-refractivity contribution in [2.45, 2.75) is 15.9 Å². The van der Waals surface area contributed by atoms with Crippen molar-refractivity contribution in [2.75, 3.05) is 13.7 Å². The number of alkyl carbamates (subject to hydrolysis) is 1. The van der Waals surface area contributed by atoms with Crippen molar-refractivity contribution in [1.29, 1.82) is 0 Å². The summed E-state index contributed by atoms with van der Waals surface area (Å²) in [5.74, 6) is -1.21. The highest BCUT2D eigenvalue weighted by atomic mass is 35.6. The Balaban J connectivity index is 2.43. The average Bonchev–Trinajstić information content (AvgIpc) is 2.28. The molecule has 7 nitrogen and oxygen atoms in total. The van der Waals surface area contributed by atoms with E-state index in [1.807, 2.05) is 0 Å². The van der Waals surface area contributed by atoms with Gasteiger partial charge in [-0.2, -0.15) is 0 Å². The summed E-state index contributed by atoms with van der Waals surface area (Å²) in [7, 11) is 1.16. The van der Waals surface area contributed by atoms with Gasteiger partial charge in [-0.3, -0.25) is 4.79 Å². The molecule has 1 saturated heterocycles. The predicted molar refractivity (Wildman–Crippen MR) is 62.5 cm³/mol. The minimum Gasteiger partial charge on any atom is -0.467 e. The summed E-state index contributed by atoms with van der Waals surface area (Å²) in [4.78, 5) is 33.5. The van der Waals surface area contributed by atoms with Gasteiger partial charge in [-0.25, -0.2) is 9.59 Å². The number of β-lactam (4-membered cyclic amide) rings is 1. The molecule has 1 fully saturated rings. The van der Waals surface area contributed by atoms with E-state index in [9.17, 15) is 14.4 Å². The maximum atomic E-state index is 11.3. The molecule has 2 N–H and O–H groups in total. The van der Waals surface area contributed by atoms with Gasteiger partial charge in [-0.1, -0.05) is 34.8 Å². The summed E-state index contributed by atoms with van der Waals surface area (Å²) in [5, 5.41) is 4.41. The minimum atomic E-state index is -1.75. The first-order valence-electron chi connectivity index (χ1n) is 4.63. The topological polar surface area (TPSA) is 93.7 Å². The van der Waals surface area contributed by atoms with E-state index in [2.05, 4.69) is 20.1 Å². The number of esters is 1. The smallest absolute Gasteiger partial charge is 0.408 e. The Kier molecular flexibility index (Phi) is 4.89. The van der Waals surface area contributed by atoms with E-state index in [0.29, 0.717) is 0 Å². The first kappa shape index (κ1) is 15.1. The van der Waals surface area contributed by atoms with Gasteiger partial charge in [0.1, 0.15) is 12.6 Å². The summed E-state index contributed by atoms with van der Waals surface area (Å²) < 4.78 is 7.22. The van der Waals surface area contributed by atoms with Crippen molar-refractivity contribution in [3.63, 3.8) is 0 Å². The first-order valence-corrected chi connectivity index (χ1v) is 5.76. The Bertz CT molecular complexity index is 370. The number of amides is 2. The van der Waals surface area contributed by atoms with Crippen LogP contribution in [0.3, 0.4) is 0 Å². The Morgan fingerprint density at radius 1 is 1.44 bits per heavy atom. The molecule has 1 aliphatic rings. The first-order chi connectivity index (χ1) is 8.24. The molecule has 0 aliphatic carbocycles.